The average molecular weight is 351 g/mol. The number of nitrogens with zero attached hydrogens (tertiary/aromatic N) is 1. The molecule has 116 valence electrons. The van der Waals surface area contributed by atoms with Gasteiger partial charge in [0.05, 0.1) is 5.69 Å². The molecule has 3 heteroatoms. The molecule has 3 rings (SSSR count). The van der Waals surface area contributed by atoms with Crippen LogP contribution in [0.1, 0.15) is 45.1 Å². The molecule has 1 heterocycles. The summed E-state index contributed by atoms with van der Waals surface area (Å²) in [4.78, 5) is 2.54. The Morgan fingerprint density at radius 3 is 2.48 bits per heavy atom. The van der Waals surface area contributed by atoms with Crippen LogP contribution in [0.25, 0.3) is 0 Å². The lowest BCUT2D eigenvalue weighted by molar-refractivity contribution is 0.311. The van der Waals surface area contributed by atoms with Gasteiger partial charge in [0.1, 0.15) is 0 Å². The summed E-state index contributed by atoms with van der Waals surface area (Å²) < 4.78 is 1.25. The lowest BCUT2D eigenvalue weighted by Crippen LogP contribution is -2.35. The normalized spacial score (nSPS) is 20.3. The highest BCUT2D eigenvalue weighted by molar-refractivity contribution is 9.10. The van der Waals surface area contributed by atoms with Gasteiger partial charge in [0, 0.05) is 30.1 Å². The van der Waals surface area contributed by atoms with E-state index in [0.29, 0.717) is 0 Å². The van der Waals surface area contributed by atoms with Crippen molar-refractivity contribution in [1.29, 1.82) is 0 Å². The Labute approximate surface area is 137 Å². The molecule has 1 saturated heterocycles. The van der Waals surface area contributed by atoms with Gasteiger partial charge < -0.3 is 10.2 Å². The maximum Gasteiger partial charge on any atom is 0.0510 e. The van der Waals surface area contributed by atoms with E-state index >= 15 is 0 Å². The third-order valence-corrected chi connectivity index (χ3v) is 5.64. The van der Waals surface area contributed by atoms with Crippen molar-refractivity contribution in [3.63, 3.8) is 0 Å². The minimum atomic E-state index is 0.776. The van der Waals surface area contributed by atoms with Crippen LogP contribution in [0.5, 0.6) is 0 Å². The van der Waals surface area contributed by atoms with Crippen molar-refractivity contribution in [3.8, 4) is 0 Å². The molecule has 21 heavy (non-hydrogen) atoms. The van der Waals surface area contributed by atoms with Crippen LogP contribution < -0.4 is 10.2 Å². The summed E-state index contributed by atoms with van der Waals surface area (Å²) in [5.74, 6) is 1.73. The third kappa shape index (κ3) is 4.01. The Hall–Kier alpha value is -0.540. The van der Waals surface area contributed by atoms with Crippen LogP contribution in [0, 0.1) is 11.8 Å². The van der Waals surface area contributed by atoms with Crippen molar-refractivity contribution in [2.75, 3.05) is 18.0 Å². The Balaban J connectivity index is 1.60. The molecule has 2 fully saturated rings. The molecule has 2 nitrogen and oxygen atoms in total. The summed E-state index contributed by atoms with van der Waals surface area (Å²) in [6.07, 6.45) is 5.36. The van der Waals surface area contributed by atoms with Crippen LogP contribution in [0.2, 0.25) is 0 Å². The highest BCUT2D eigenvalue weighted by atomic mass is 79.9. The number of rotatable bonds is 5. The average Bonchev–Trinajstić information content (AvgIpc) is 3.29. The van der Waals surface area contributed by atoms with Gasteiger partial charge >= 0.3 is 0 Å². The molecule has 0 atom stereocenters. The predicted octanol–water partition coefficient (Wildman–Crippen LogP) is 4.57. The van der Waals surface area contributed by atoms with Crippen LogP contribution in [0.4, 0.5) is 5.69 Å². The maximum absolute atomic E-state index is 3.78. The number of halogens is 1. The lowest BCUT2D eigenvalue weighted by Gasteiger charge is -2.36. The molecule has 0 bridgehead atoms. The fraction of sp³-hybridized carbons (Fsp3) is 0.667. The first kappa shape index (κ1) is 15.4. The van der Waals surface area contributed by atoms with Gasteiger partial charge in [-0.25, -0.2) is 0 Å². The van der Waals surface area contributed by atoms with Crippen molar-refractivity contribution < 1.29 is 0 Å². The molecule has 1 aromatic carbocycles. The zero-order valence-corrected chi connectivity index (χ0v) is 14.8. The van der Waals surface area contributed by atoms with Crippen molar-refractivity contribution in [3.05, 3.63) is 28.2 Å². The monoisotopic (exact) mass is 350 g/mol. The summed E-state index contributed by atoms with van der Waals surface area (Å²) in [5, 5.41) is 3.58. The molecule has 2 aliphatic rings. The molecule has 0 spiro atoms. The van der Waals surface area contributed by atoms with Crippen LogP contribution in [-0.4, -0.2) is 19.1 Å². The van der Waals surface area contributed by atoms with Gasteiger partial charge in [-0.15, -0.1) is 0 Å². The molecule has 1 aliphatic carbocycles. The van der Waals surface area contributed by atoms with Gasteiger partial charge in [-0.1, -0.05) is 19.9 Å². The van der Waals surface area contributed by atoms with Crippen molar-refractivity contribution >= 4 is 21.6 Å². The lowest BCUT2D eigenvalue weighted by atomic mass is 9.86. The van der Waals surface area contributed by atoms with Crippen LogP contribution in [0.15, 0.2) is 22.7 Å². The van der Waals surface area contributed by atoms with Crippen LogP contribution in [0.3, 0.4) is 0 Å². The van der Waals surface area contributed by atoms with E-state index in [1.807, 2.05) is 0 Å². The van der Waals surface area contributed by atoms with E-state index < -0.39 is 0 Å². The first-order valence-electron chi connectivity index (χ1n) is 8.40. The second kappa shape index (κ2) is 6.70. The highest BCUT2D eigenvalue weighted by Crippen LogP contribution is 2.33. The second-order valence-corrected chi connectivity index (χ2v) is 7.86. The predicted molar refractivity (Wildman–Crippen MR) is 93.8 cm³/mol. The number of anilines is 1. The molecular formula is C18H27BrN2. The van der Waals surface area contributed by atoms with Crippen LogP contribution >= 0.6 is 15.9 Å². The van der Waals surface area contributed by atoms with E-state index in [-0.39, 0.29) is 0 Å². The fourth-order valence-electron chi connectivity index (χ4n) is 3.27. The van der Waals surface area contributed by atoms with Crippen molar-refractivity contribution in [2.45, 2.75) is 52.1 Å². The summed E-state index contributed by atoms with van der Waals surface area (Å²) in [5.41, 5.74) is 2.75. The molecule has 0 unspecified atom stereocenters. The number of benzene rings is 1. The minimum absolute atomic E-state index is 0.776. The summed E-state index contributed by atoms with van der Waals surface area (Å²) in [6, 6.07) is 7.64. The Morgan fingerprint density at radius 2 is 1.90 bits per heavy atom. The molecule has 1 aliphatic heterocycles. The molecular weight excluding hydrogens is 324 g/mol. The van der Waals surface area contributed by atoms with Crippen molar-refractivity contribution in [1.82, 2.24) is 5.32 Å². The topological polar surface area (TPSA) is 15.3 Å². The first-order chi connectivity index (χ1) is 10.1. The molecule has 1 N–H and O–H groups in total. The van der Waals surface area contributed by atoms with Gasteiger partial charge in [-0.05, 0) is 71.1 Å². The SMILES string of the molecule is CC(C)C1CCN(c2ccc(CNC3CC3)cc2Br)CC1. The van der Waals surface area contributed by atoms with E-state index in [4.69, 9.17) is 0 Å². The molecule has 0 aromatic heterocycles. The quantitative estimate of drug-likeness (QED) is 0.836. The molecule has 0 radical (unpaired) electrons. The van der Waals surface area contributed by atoms with Crippen LogP contribution in [-0.2, 0) is 6.54 Å². The molecule has 1 saturated carbocycles. The van der Waals surface area contributed by atoms with Gasteiger partial charge in [-0.2, -0.15) is 0 Å². The third-order valence-electron chi connectivity index (χ3n) is 5.01. The van der Waals surface area contributed by atoms with Gasteiger partial charge in [0.15, 0.2) is 0 Å². The van der Waals surface area contributed by atoms with E-state index in [1.54, 1.807) is 0 Å². The maximum atomic E-state index is 3.78. The van der Waals surface area contributed by atoms with Gasteiger partial charge in [0.25, 0.3) is 0 Å². The van der Waals surface area contributed by atoms with Crippen molar-refractivity contribution in [2.24, 2.45) is 11.8 Å². The van der Waals surface area contributed by atoms with E-state index in [9.17, 15) is 0 Å². The second-order valence-electron chi connectivity index (χ2n) is 7.01. The summed E-state index contributed by atoms with van der Waals surface area (Å²) >= 11 is 3.78. The largest absolute Gasteiger partial charge is 0.371 e. The van der Waals surface area contributed by atoms with Gasteiger partial charge in [0.2, 0.25) is 0 Å². The summed E-state index contributed by atoms with van der Waals surface area (Å²) in [7, 11) is 0. The smallest absolute Gasteiger partial charge is 0.0510 e. The zero-order chi connectivity index (χ0) is 14.8. The Kier molecular flexibility index (Phi) is 4.90. The van der Waals surface area contributed by atoms with Gasteiger partial charge in [-0.3, -0.25) is 0 Å². The zero-order valence-electron chi connectivity index (χ0n) is 13.2. The summed E-state index contributed by atoms with van der Waals surface area (Å²) in [6.45, 7) is 8.11. The van der Waals surface area contributed by atoms with E-state index in [2.05, 4.69) is 58.2 Å². The van der Waals surface area contributed by atoms with E-state index in [0.717, 1.165) is 24.4 Å². The fourth-order valence-corrected chi connectivity index (χ4v) is 3.95. The minimum Gasteiger partial charge on any atom is -0.371 e. The Bertz CT molecular complexity index is 474. The Morgan fingerprint density at radius 1 is 1.19 bits per heavy atom. The number of hydrogen-bond donors (Lipinski definition) is 1. The number of piperidine rings is 1. The van der Waals surface area contributed by atoms with E-state index in [1.165, 1.54) is 54.5 Å². The number of nitrogens with one attached hydrogen (secondary N) is 1. The standard InChI is InChI=1S/C18H27BrN2/c1-13(2)15-7-9-21(10-8-15)18-6-3-14(11-17(18)19)12-20-16-4-5-16/h3,6,11,13,15-16,20H,4-5,7-10,12H2,1-2H3. The molecule has 0 amide bonds. The first-order valence-corrected chi connectivity index (χ1v) is 9.19. The highest BCUT2D eigenvalue weighted by Gasteiger charge is 2.23. The number of hydrogen-bond acceptors (Lipinski definition) is 2. The molecule has 1 aromatic rings.